The molecule has 0 radical (unpaired) electrons. The smallest absolute Gasteiger partial charge is 0.0726 e. The topological polar surface area (TPSA) is 3.24 Å². The molecule has 0 aliphatic heterocycles. The van der Waals surface area contributed by atoms with Crippen molar-refractivity contribution in [1.82, 2.24) is 0 Å². The molecule has 1 unspecified atom stereocenters. The highest BCUT2D eigenvalue weighted by Crippen LogP contribution is 2.65. The maximum atomic E-state index is 2.52. The molecule has 1 aromatic heterocycles. The maximum absolute atomic E-state index is 2.52. The van der Waals surface area contributed by atoms with Gasteiger partial charge in [-0.05, 0) is 115 Å². The Morgan fingerprint density at radius 1 is 0.367 bits per heavy atom. The summed E-state index contributed by atoms with van der Waals surface area (Å²) in [4.78, 5) is 2.49. The predicted octanol–water partition coefficient (Wildman–Crippen LogP) is 15.8. The van der Waals surface area contributed by atoms with Crippen LogP contribution in [0.2, 0.25) is 0 Å². The predicted molar refractivity (Wildman–Crippen MR) is 253 cm³/mol. The van der Waals surface area contributed by atoms with E-state index in [4.69, 9.17) is 0 Å². The van der Waals surface area contributed by atoms with Crippen LogP contribution in [0.3, 0.4) is 0 Å². The minimum Gasteiger partial charge on any atom is -0.310 e. The second-order valence-electron chi connectivity index (χ2n) is 17.2. The van der Waals surface area contributed by atoms with Crippen LogP contribution in [0.5, 0.6) is 0 Å². The Kier molecular flexibility index (Phi) is 6.94. The van der Waals surface area contributed by atoms with E-state index >= 15 is 0 Å². The van der Waals surface area contributed by atoms with Crippen molar-refractivity contribution in [2.45, 2.75) is 24.7 Å². The highest BCUT2D eigenvalue weighted by Gasteiger charge is 2.52. The maximum Gasteiger partial charge on any atom is 0.0726 e. The minimum atomic E-state index is -0.470. The fraction of sp³-hybridized carbons (Fsp3) is 0.0690. The van der Waals surface area contributed by atoms with Crippen LogP contribution in [0.25, 0.3) is 64.7 Å². The van der Waals surface area contributed by atoms with Crippen LogP contribution in [0.4, 0.5) is 17.1 Å². The van der Waals surface area contributed by atoms with Gasteiger partial charge in [0.25, 0.3) is 0 Å². The van der Waals surface area contributed by atoms with Gasteiger partial charge in [0.1, 0.15) is 0 Å². The van der Waals surface area contributed by atoms with E-state index in [2.05, 4.69) is 219 Å². The summed E-state index contributed by atoms with van der Waals surface area (Å²) in [6.45, 7) is 4.75. The number of nitrogens with zero attached hydrogens (tertiary/aromatic N) is 1. The molecule has 282 valence electrons. The van der Waals surface area contributed by atoms with Crippen LogP contribution < -0.4 is 4.90 Å². The van der Waals surface area contributed by atoms with Crippen molar-refractivity contribution in [3.8, 4) is 44.5 Å². The first-order chi connectivity index (χ1) is 29.5. The molecule has 13 rings (SSSR count). The van der Waals surface area contributed by atoms with Gasteiger partial charge in [-0.15, -0.1) is 11.3 Å². The van der Waals surface area contributed by atoms with E-state index in [1.807, 2.05) is 11.3 Å². The molecule has 0 saturated heterocycles. The van der Waals surface area contributed by atoms with Gasteiger partial charge in [0.15, 0.2) is 0 Å². The molecule has 0 saturated carbocycles. The summed E-state index contributed by atoms with van der Waals surface area (Å²) in [6.07, 6.45) is 0. The zero-order valence-electron chi connectivity index (χ0n) is 33.4. The summed E-state index contributed by atoms with van der Waals surface area (Å²) in [5.41, 5.74) is 21.5. The summed E-state index contributed by atoms with van der Waals surface area (Å²) in [7, 11) is 0. The summed E-state index contributed by atoms with van der Waals surface area (Å²) in [5.74, 6) is 0. The number of hydrogen-bond donors (Lipinski definition) is 0. The van der Waals surface area contributed by atoms with E-state index < -0.39 is 5.41 Å². The minimum absolute atomic E-state index is 0.121. The lowest BCUT2D eigenvalue weighted by atomic mass is 9.70. The van der Waals surface area contributed by atoms with Gasteiger partial charge in [0.2, 0.25) is 0 Å². The van der Waals surface area contributed by atoms with E-state index in [1.54, 1.807) is 0 Å². The summed E-state index contributed by atoms with van der Waals surface area (Å²) >= 11 is 1.93. The molecule has 0 fully saturated rings. The zero-order chi connectivity index (χ0) is 39.7. The van der Waals surface area contributed by atoms with Crippen molar-refractivity contribution in [3.63, 3.8) is 0 Å². The quantitative estimate of drug-likeness (QED) is 0.172. The highest BCUT2D eigenvalue weighted by molar-refractivity contribution is 7.26. The largest absolute Gasteiger partial charge is 0.310 e. The first kappa shape index (κ1) is 33.9. The Hall–Kier alpha value is -7.00. The van der Waals surface area contributed by atoms with E-state index in [0.29, 0.717) is 0 Å². The van der Waals surface area contributed by atoms with Crippen molar-refractivity contribution < 1.29 is 0 Å². The lowest BCUT2D eigenvalue weighted by Gasteiger charge is -2.32. The molecule has 1 spiro atoms. The molecule has 0 N–H and O–H groups in total. The van der Waals surface area contributed by atoms with E-state index in [1.165, 1.54) is 98.1 Å². The van der Waals surface area contributed by atoms with Gasteiger partial charge in [0, 0.05) is 48.2 Å². The van der Waals surface area contributed by atoms with Crippen LogP contribution >= 0.6 is 11.3 Å². The van der Waals surface area contributed by atoms with Crippen LogP contribution in [0, 0.1) is 0 Å². The first-order valence-electron chi connectivity index (χ1n) is 21.0. The Morgan fingerprint density at radius 2 is 0.900 bits per heavy atom. The summed E-state index contributed by atoms with van der Waals surface area (Å²) < 4.78 is 2.71. The average molecular weight is 782 g/mol. The molecule has 3 aliphatic carbocycles. The number of benzene rings is 9. The van der Waals surface area contributed by atoms with E-state index in [9.17, 15) is 0 Å². The van der Waals surface area contributed by atoms with Crippen LogP contribution in [-0.2, 0) is 10.8 Å². The van der Waals surface area contributed by atoms with Crippen molar-refractivity contribution in [3.05, 3.63) is 234 Å². The third-order valence-electron chi connectivity index (χ3n) is 13.9. The Labute approximate surface area is 354 Å². The van der Waals surface area contributed by atoms with Crippen molar-refractivity contribution >= 4 is 48.6 Å². The normalized spacial score (nSPS) is 16.0. The molecular weight excluding hydrogens is 743 g/mol. The molecule has 1 heterocycles. The van der Waals surface area contributed by atoms with Gasteiger partial charge in [-0.1, -0.05) is 172 Å². The Morgan fingerprint density at radius 3 is 1.65 bits per heavy atom. The molecular formula is C58H39NS. The van der Waals surface area contributed by atoms with Gasteiger partial charge in [-0.25, -0.2) is 0 Å². The molecule has 1 atom stereocenters. The number of anilines is 3. The Balaban J connectivity index is 1.06. The fourth-order valence-electron chi connectivity index (χ4n) is 11.2. The third-order valence-corrected chi connectivity index (χ3v) is 15.1. The molecule has 2 heteroatoms. The SMILES string of the molecule is CC1(C)c2ccccc2-c2ccc(N(c3ccc(-c4ccccc4)cc3)c3ccc4c(c3)C3(c5ccccc5-4)c4ccccc4-c4c3ccc3c4sc4ccccc43)cc21. The van der Waals surface area contributed by atoms with Gasteiger partial charge < -0.3 is 4.90 Å². The van der Waals surface area contributed by atoms with E-state index in [-0.39, 0.29) is 5.41 Å². The number of hydrogen-bond acceptors (Lipinski definition) is 2. The standard InChI is InChI=1S/C58H39NS/c1-57(2)48-20-10-6-16-41(48)43-30-28-39(34-52(43)57)59(38-26-24-37(25-27-38)36-14-4-3-5-15-36)40-29-31-44-42-17-7-11-21-49(42)58(53(44)35-40)50-22-12-8-19-47(50)55-51(58)33-32-46-45-18-9-13-23-54(45)60-56(46)55/h3-35H,1-2H3. The average Bonchev–Trinajstić information content (AvgIpc) is 3.99. The van der Waals surface area contributed by atoms with E-state index in [0.717, 1.165) is 17.1 Å². The van der Waals surface area contributed by atoms with Crippen molar-refractivity contribution in [2.75, 3.05) is 4.90 Å². The second kappa shape index (κ2) is 12.3. The van der Waals surface area contributed by atoms with Crippen LogP contribution in [0.15, 0.2) is 200 Å². The highest BCUT2D eigenvalue weighted by atomic mass is 32.1. The summed E-state index contributed by atoms with van der Waals surface area (Å²) in [6, 6.07) is 75.3. The molecule has 3 aliphatic rings. The van der Waals surface area contributed by atoms with Gasteiger partial charge in [-0.2, -0.15) is 0 Å². The molecule has 1 nitrogen and oxygen atoms in total. The van der Waals surface area contributed by atoms with Crippen molar-refractivity contribution in [1.29, 1.82) is 0 Å². The lowest BCUT2D eigenvalue weighted by molar-refractivity contribution is 0.660. The third kappa shape index (κ3) is 4.41. The number of rotatable bonds is 4. The zero-order valence-corrected chi connectivity index (χ0v) is 34.2. The Bertz CT molecular complexity index is 3410. The number of thiophene rings is 1. The molecule has 0 amide bonds. The lowest BCUT2D eigenvalue weighted by Crippen LogP contribution is -2.26. The monoisotopic (exact) mass is 781 g/mol. The van der Waals surface area contributed by atoms with Crippen LogP contribution in [-0.4, -0.2) is 0 Å². The molecule has 60 heavy (non-hydrogen) atoms. The van der Waals surface area contributed by atoms with Crippen LogP contribution in [0.1, 0.15) is 47.2 Å². The molecule has 9 aromatic carbocycles. The summed E-state index contributed by atoms with van der Waals surface area (Å²) in [5, 5.41) is 2.68. The number of fused-ring (bicyclic) bond motifs is 17. The van der Waals surface area contributed by atoms with Gasteiger partial charge in [0.05, 0.1) is 5.41 Å². The van der Waals surface area contributed by atoms with Gasteiger partial charge in [-0.3, -0.25) is 0 Å². The van der Waals surface area contributed by atoms with Gasteiger partial charge >= 0.3 is 0 Å². The molecule has 0 bridgehead atoms. The van der Waals surface area contributed by atoms with Crippen molar-refractivity contribution in [2.24, 2.45) is 0 Å². The first-order valence-corrected chi connectivity index (χ1v) is 21.8. The molecule has 10 aromatic rings. The second-order valence-corrected chi connectivity index (χ2v) is 18.2. The fourth-order valence-corrected chi connectivity index (χ4v) is 12.5.